The molecule has 0 bridgehead atoms. The average Bonchev–Trinajstić information content (AvgIpc) is 3.08. The average molecular weight is 359 g/mol. The lowest BCUT2D eigenvalue weighted by Crippen LogP contribution is -2.49. The quantitative estimate of drug-likeness (QED) is 0.802. The number of likely N-dealkylation sites (tertiary alicyclic amines) is 1. The zero-order valence-corrected chi connectivity index (χ0v) is 15.0. The molecule has 8 nitrogen and oxygen atoms in total. The monoisotopic (exact) mass is 359 g/mol. The largest absolute Gasteiger partial charge is 0.354 e. The molecule has 1 unspecified atom stereocenters. The van der Waals surface area contributed by atoms with Crippen molar-refractivity contribution in [2.45, 2.75) is 45.1 Å². The van der Waals surface area contributed by atoms with E-state index in [1.807, 2.05) is 11.8 Å². The van der Waals surface area contributed by atoms with Crippen LogP contribution in [0.5, 0.6) is 0 Å². The number of rotatable bonds is 6. The number of carbonyl (C=O) groups excluding carboxylic acids is 2. The van der Waals surface area contributed by atoms with Crippen molar-refractivity contribution < 1.29 is 14.1 Å². The number of aryl methyl sites for hydroxylation is 1. The number of fused-ring (bicyclic) bond motifs is 1. The Morgan fingerprint density at radius 3 is 3.04 bits per heavy atom. The number of amides is 2. The summed E-state index contributed by atoms with van der Waals surface area (Å²) in [5, 5.41) is 7.65. The molecule has 2 aromatic rings. The van der Waals surface area contributed by atoms with Gasteiger partial charge in [0.15, 0.2) is 0 Å². The van der Waals surface area contributed by atoms with Gasteiger partial charge in [-0.05, 0) is 31.7 Å². The van der Waals surface area contributed by atoms with Crippen LogP contribution in [0.2, 0.25) is 0 Å². The van der Waals surface area contributed by atoms with E-state index in [-0.39, 0.29) is 17.9 Å². The summed E-state index contributed by atoms with van der Waals surface area (Å²) >= 11 is 0. The van der Waals surface area contributed by atoms with Crippen molar-refractivity contribution in [3.05, 3.63) is 23.5 Å². The van der Waals surface area contributed by atoms with Crippen molar-refractivity contribution in [1.82, 2.24) is 20.4 Å². The molecule has 0 aliphatic carbocycles. The summed E-state index contributed by atoms with van der Waals surface area (Å²) in [4.78, 5) is 30.8. The Kier molecular flexibility index (Phi) is 5.82. The number of nitrogens with two attached hydrogens (primary N) is 1. The molecule has 8 heteroatoms. The van der Waals surface area contributed by atoms with Crippen molar-refractivity contribution in [2.75, 3.05) is 19.6 Å². The molecule has 3 heterocycles. The first kappa shape index (κ1) is 18.3. The molecule has 0 aromatic carbocycles. The second-order valence-electron chi connectivity index (χ2n) is 6.55. The predicted molar refractivity (Wildman–Crippen MR) is 96.5 cm³/mol. The molecule has 2 amide bonds. The number of carbonyl (C=O) groups is 2. The second kappa shape index (κ2) is 8.27. The third-order valence-electron chi connectivity index (χ3n) is 4.78. The Balaban J connectivity index is 1.76. The van der Waals surface area contributed by atoms with Crippen LogP contribution in [0.15, 0.2) is 16.8 Å². The number of nitrogens with zero attached hydrogens (tertiary/aromatic N) is 3. The van der Waals surface area contributed by atoms with Gasteiger partial charge in [0, 0.05) is 38.3 Å². The number of hydrogen-bond donors (Lipinski definition) is 2. The lowest BCUT2D eigenvalue weighted by molar-refractivity contribution is -0.121. The standard InChI is InChI=1S/C18H25N5O3/c1-2-15-14-9-12(10-21-17(14)26-22-15)18(25)23-8-4-3-5-13(23)11-20-16(24)6-7-19/h9-10,13H,2-8,11,19H2,1H3,(H,20,24). The molecular formula is C18H25N5O3. The molecule has 1 atom stereocenters. The van der Waals surface area contributed by atoms with Gasteiger partial charge in [0.1, 0.15) is 0 Å². The SMILES string of the molecule is CCc1noc2ncc(C(=O)N3CCCCC3CNC(=O)CCN)cc12. The Labute approximate surface area is 152 Å². The first-order chi connectivity index (χ1) is 12.6. The van der Waals surface area contributed by atoms with Crippen molar-refractivity contribution >= 4 is 22.9 Å². The Morgan fingerprint density at radius 2 is 2.27 bits per heavy atom. The maximum absolute atomic E-state index is 13.0. The normalized spacial score (nSPS) is 17.5. The molecule has 0 radical (unpaired) electrons. The van der Waals surface area contributed by atoms with E-state index in [1.165, 1.54) is 6.20 Å². The molecule has 1 aliphatic rings. The minimum Gasteiger partial charge on any atom is -0.354 e. The van der Waals surface area contributed by atoms with Crippen LogP contribution in [-0.4, -0.2) is 52.5 Å². The van der Waals surface area contributed by atoms with E-state index in [0.29, 0.717) is 43.8 Å². The number of aromatic nitrogens is 2. The van der Waals surface area contributed by atoms with Crippen LogP contribution in [0, 0.1) is 0 Å². The van der Waals surface area contributed by atoms with Crippen LogP contribution in [0.25, 0.3) is 11.1 Å². The third kappa shape index (κ3) is 3.85. The van der Waals surface area contributed by atoms with E-state index in [4.69, 9.17) is 10.3 Å². The summed E-state index contributed by atoms with van der Waals surface area (Å²) < 4.78 is 5.19. The van der Waals surface area contributed by atoms with E-state index >= 15 is 0 Å². The highest BCUT2D eigenvalue weighted by Gasteiger charge is 2.28. The van der Waals surface area contributed by atoms with Gasteiger partial charge in [-0.1, -0.05) is 12.1 Å². The van der Waals surface area contributed by atoms with E-state index in [2.05, 4.69) is 15.5 Å². The fourth-order valence-electron chi connectivity index (χ4n) is 3.35. The molecule has 0 spiro atoms. The van der Waals surface area contributed by atoms with Crippen LogP contribution >= 0.6 is 0 Å². The van der Waals surface area contributed by atoms with Crippen molar-refractivity contribution in [3.8, 4) is 0 Å². The molecule has 140 valence electrons. The highest BCUT2D eigenvalue weighted by atomic mass is 16.5. The summed E-state index contributed by atoms with van der Waals surface area (Å²) in [6.07, 6.45) is 5.43. The summed E-state index contributed by atoms with van der Waals surface area (Å²) in [6.45, 7) is 3.44. The second-order valence-corrected chi connectivity index (χ2v) is 6.55. The van der Waals surface area contributed by atoms with Crippen LogP contribution < -0.4 is 11.1 Å². The van der Waals surface area contributed by atoms with Crippen molar-refractivity contribution in [2.24, 2.45) is 5.73 Å². The fourth-order valence-corrected chi connectivity index (χ4v) is 3.35. The van der Waals surface area contributed by atoms with Gasteiger partial charge in [-0.3, -0.25) is 9.59 Å². The lowest BCUT2D eigenvalue weighted by Gasteiger charge is -2.36. The maximum atomic E-state index is 13.0. The van der Waals surface area contributed by atoms with Gasteiger partial charge in [-0.25, -0.2) is 4.98 Å². The predicted octanol–water partition coefficient (Wildman–Crippen LogP) is 1.24. The number of nitrogens with one attached hydrogen (secondary N) is 1. The number of piperidine rings is 1. The van der Waals surface area contributed by atoms with E-state index in [1.54, 1.807) is 6.07 Å². The Hall–Kier alpha value is -2.48. The first-order valence-electron chi connectivity index (χ1n) is 9.16. The van der Waals surface area contributed by atoms with Crippen molar-refractivity contribution in [3.63, 3.8) is 0 Å². The number of pyridine rings is 1. The molecule has 1 aliphatic heterocycles. The first-order valence-corrected chi connectivity index (χ1v) is 9.16. The number of hydrogen-bond acceptors (Lipinski definition) is 6. The summed E-state index contributed by atoms with van der Waals surface area (Å²) in [5.41, 5.74) is 7.17. The Bertz CT molecular complexity index is 788. The summed E-state index contributed by atoms with van der Waals surface area (Å²) in [7, 11) is 0. The molecule has 26 heavy (non-hydrogen) atoms. The van der Waals surface area contributed by atoms with Gasteiger partial charge in [0.2, 0.25) is 5.91 Å². The van der Waals surface area contributed by atoms with Gasteiger partial charge in [-0.15, -0.1) is 0 Å². The molecule has 0 saturated carbocycles. The minimum atomic E-state index is -0.0781. The highest BCUT2D eigenvalue weighted by Crippen LogP contribution is 2.22. The van der Waals surface area contributed by atoms with Crippen LogP contribution in [-0.2, 0) is 11.2 Å². The molecule has 3 rings (SSSR count). The van der Waals surface area contributed by atoms with Gasteiger partial charge < -0.3 is 20.5 Å². The zero-order chi connectivity index (χ0) is 18.5. The molecular weight excluding hydrogens is 334 g/mol. The maximum Gasteiger partial charge on any atom is 0.257 e. The van der Waals surface area contributed by atoms with Crippen LogP contribution in [0.3, 0.4) is 0 Å². The van der Waals surface area contributed by atoms with E-state index < -0.39 is 0 Å². The van der Waals surface area contributed by atoms with E-state index in [0.717, 1.165) is 30.3 Å². The summed E-state index contributed by atoms with van der Waals surface area (Å²) in [5.74, 6) is -0.147. The zero-order valence-electron chi connectivity index (χ0n) is 15.0. The molecule has 1 fully saturated rings. The minimum absolute atomic E-state index is 0.0122. The molecule has 3 N–H and O–H groups in total. The van der Waals surface area contributed by atoms with Crippen molar-refractivity contribution in [1.29, 1.82) is 0 Å². The smallest absolute Gasteiger partial charge is 0.257 e. The lowest BCUT2D eigenvalue weighted by atomic mass is 10.0. The fraction of sp³-hybridized carbons (Fsp3) is 0.556. The third-order valence-corrected chi connectivity index (χ3v) is 4.78. The topological polar surface area (TPSA) is 114 Å². The summed E-state index contributed by atoms with van der Waals surface area (Å²) in [6, 6.07) is 1.79. The Morgan fingerprint density at radius 1 is 1.42 bits per heavy atom. The van der Waals surface area contributed by atoms with Gasteiger partial charge in [-0.2, -0.15) is 0 Å². The highest BCUT2D eigenvalue weighted by molar-refractivity contribution is 5.97. The molecule has 1 saturated heterocycles. The van der Waals surface area contributed by atoms with Gasteiger partial charge in [0.25, 0.3) is 11.6 Å². The molecule has 2 aromatic heterocycles. The van der Waals surface area contributed by atoms with Crippen LogP contribution in [0.4, 0.5) is 0 Å². The van der Waals surface area contributed by atoms with E-state index in [9.17, 15) is 9.59 Å². The van der Waals surface area contributed by atoms with Crippen LogP contribution in [0.1, 0.15) is 48.7 Å². The van der Waals surface area contributed by atoms with Gasteiger partial charge >= 0.3 is 0 Å². The van der Waals surface area contributed by atoms with Gasteiger partial charge in [0.05, 0.1) is 16.6 Å².